The van der Waals surface area contributed by atoms with Crippen molar-refractivity contribution in [3.63, 3.8) is 0 Å². The Morgan fingerprint density at radius 3 is 2.89 bits per heavy atom. The first-order valence-corrected chi connectivity index (χ1v) is 6.89. The highest BCUT2D eigenvalue weighted by atomic mass is 19.2. The molecule has 1 N–H and O–H groups in total. The zero-order chi connectivity index (χ0) is 13.7. The van der Waals surface area contributed by atoms with Crippen LogP contribution >= 0.6 is 0 Å². The third kappa shape index (κ3) is 4.25. The van der Waals surface area contributed by atoms with E-state index in [9.17, 15) is 13.9 Å². The molecule has 0 saturated carbocycles. The quantitative estimate of drug-likeness (QED) is 0.890. The van der Waals surface area contributed by atoms with Crippen molar-refractivity contribution in [2.24, 2.45) is 0 Å². The van der Waals surface area contributed by atoms with Crippen LogP contribution in [0.1, 0.15) is 37.7 Å². The molecule has 2 nitrogen and oxygen atoms in total. The molecule has 4 heteroatoms. The van der Waals surface area contributed by atoms with Crippen molar-refractivity contribution in [1.82, 2.24) is 0 Å². The first-order chi connectivity index (χ1) is 9.16. The maximum atomic E-state index is 13.4. The standard InChI is InChI=1S/C15H20F2O2/c16-14-6-3-4-11(15(14)17)10-12(18)7-8-13-5-1-2-9-19-13/h3-4,6,12-13,18H,1-2,5,7-10H2. The molecule has 1 heterocycles. The minimum atomic E-state index is -0.861. The number of benzene rings is 1. The molecule has 1 aromatic carbocycles. The predicted molar refractivity (Wildman–Crippen MR) is 68.9 cm³/mol. The van der Waals surface area contributed by atoms with Gasteiger partial charge in [-0.15, -0.1) is 0 Å². The number of hydrogen-bond donors (Lipinski definition) is 1. The highest BCUT2D eigenvalue weighted by Crippen LogP contribution is 2.20. The van der Waals surface area contributed by atoms with Crippen molar-refractivity contribution in [3.8, 4) is 0 Å². The summed E-state index contributed by atoms with van der Waals surface area (Å²) in [5, 5.41) is 9.90. The zero-order valence-corrected chi connectivity index (χ0v) is 10.9. The molecular weight excluding hydrogens is 250 g/mol. The maximum Gasteiger partial charge on any atom is 0.162 e. The van der Waals surface area contributed by atoms with Crippen molar-refractivity contribution in [2.45, 2.75) is 50.7 Å². The topological polar surface area (TPSA) is 29.5 Å². The van der Waals surface area contributed by atoms with Crippen molar-refractivity contribution >= 4 is 0 Å². The van der Waals surface area contributed by atoms with Gasteiger partial charge in [0.25, 0.3) is 0 Å². The van der Waals surface area contributed by atoms with Crippen LogP contribution in [0.25, 0.3) is 0 Å². The fourth-order valence-electron chi connectivity index (χ4n) is 2.48. The highest BCUT2D eigenvalue weighted by Gasteiger charge is 2.17. The van der Waals surface area contributed by atoms with Crippen LogP contribution < -0.4 is 0 Å². The van der Waals surface area contributed by atoms with Crippen LogP contribution in [0, 0.1) is 11.6 Å². The Labute approximate surface area is 112 Å². The van der Waals surface area contributed by atoms with Gasteiger partial charge in [0.15, 0.2) is 11.6 Å². The van der Waals surface area contributed by atoms with E-state index in [4.69, 9.17) is 4.74 Å². The zero-order valence-electron chi connectivity index (χ0n) is 10.9. The molecule has 1 saturated heterocycles. The van der Waals surface area contributed by atoms with Gasteiger partial charge in [-0.1, -0.05) is 12.1 Å². The lowest BCUT2D eigenvalue weighted by atomic mass is 9.99. The van der Waals surface area contributed by atoms with E-state index in [0.29, 0.717) is 6.42 Å². The fourth-order valence-corrected chi connectivity index (χ4v) is 2.48. The Kier molecular flexibility index (Phi) is 5.28. The average Bonchev–Trinajstić information content (AvgIpc) is 2.43. The molecule has 0 amide bonds. The highest BCUT2D eigenvalue weighted by molar-refractivity contribution is 5.19. The smallest absolute Gasteiger partial charge is 0.162 e. The van der Waals surface area contributed by atoms with Crippen molar-refractivity contribution in [3.05, 3.63) is 35.4 Å². The molecule has 1 aromatic rings. The summed E-state index contributed by atoms with van der Waals surface area (Å²) in [4.78, 5) is 0. The second-order valence-corrected chi connectivity index (χ2v) is 5.14. The summed E-state index contributed by atoms with van der Waals surface area (Å²) in [6.45, 7) is 0.791. The Hall–Kier alpha value is -1.00. The van der Waals surface area contributed by atoms with E-state index in [1.807, 2.05) is 0 Å². The fraction of sp³-hybridized carbons (Fsp3) is 0.600. The number of hydrogen-bond acceptors (Lipinski definition) is 2. The largest absolute Gasteiger partial charge is 0.393 e. The lowest BCUT2D eigenvalue weighted by Crippen LogP contribution is -2.22. The first kappa shape index (κ1) is 14.4. The Morgan fingerprint density at radius 1 is 1.32 bits per heavy atom. The van der Waals surface area contributed by atoms with Crippen molar-refractivity contribution in [1.29, 1.82) is 0 Å². The van der Waals surface area contributed by atoms with Crippen molar-refractivity contribution < 1.29 is 18.6 Å². The normalized spacial score (nSPS) is 21.3. The van der Waals surface area contributed by atoms with Gasteiger partial charge in [0.05, 0.1) is 12.2 Å². The van der Waals surface area contributed by atoms with Gasteiger partial charge in [-0.3, -0.25) is 0 Å². The van der Waals surface area contributed by atoms with E-state index in [1.54, 1.807) is 0 Å². The molecule has 0 spiro atoms. The number of aliphatic hydroxyl groups is 1. The monoisotopic (exact) mass is 270 g/mol. The SMILES string of the molecule is OC(CCC1CCCCO1)Cc1cccc(F)c1F. The number of halogens is 2. The van der Waals surface area contributed by atoms with Gasteiger partial charge in [-0.2, -0.15) is 0 Å². The summed E-state index contributed by atoms with van der Waals surface area (Å²) in [5.74, 6) is -1.71. The molecule has 0 bridgehead atoms. The Morgan fingerprint density at radius 2 is 2.16 bits per heavy atom. The molecule has 2 rings (SSSR count). The van der Waals surface area contributed by atoms with Crippen LogP contribution in [0.3, 0.4) is 0 Å². The van der Waals surface area contributed by atoms with E-state index in [0.717, 1.165) is 31.9 Å². The molecule has 1 aliphatic heterocycles. The second-order valence-electron chi connectivity index (χ2n) is 5.14. The average molecular weight is 270 g/mol. The van der Waals surface area contributed by atoms with E-state index in [2.05, 4.69) is 0 Å². The van der Waals surface area contributed by atoms with Crippen LogP contribution in [0.2, 0.25) is 0 Å². The van der Waals surface area contributed by atoms with Gasteiger partial charge in [0.2, 0.25) is 0 Å². The molecule has 1 aliphatic rings. The van der Waals surface area contributed by atoms with Gasteiger partial charge in [0, 0.05) is 13.0 Å². The van der Waals surface area contributed by atoms with Crippen LogP contribution in [-0.2, 0) is 11.2 Å². The first-order valence-electron chi connectivity index (χ1n) is 6.89. The number of ether oxygens (including phenoxy) is 1. The van der Waals surface area contributed by atoms with Crippen molar-refractivity contribution in [2.75, 3.05) is 6.61 Å². The lowest BCUT2D eigenvalue weighted by molar-refractivity contribution is 0.00229. The van der Waals surface area contributed by atoms with Gasteiger partial charge in [-0.25, -0.2) is 8.78 Å². The Balaban J connectivity index is 1.80. The summed E-state index contributed by atoms with van der Waals surface area (Å²) in [6, 6.07) is 4.06. The maximum absolute atomic E-state index is 13.4. The molecule has 106 valence electrons. The summed E-state index contributed by atoms with van der Waals surface area (Å²) >= 11 is 0. The Bertz CT molecular complexity index is 403. The summed E-state index contributed by atoms with van der Waals surface area (Å²) < 4.78 is 32.1. The third-order valence-electron chi connectivity index (χ3n) is 3.58. The number of aliphatic hydroxyl groups excluding tert-OH is 1. The second kappa shape index (κ2) is 6.96. The molecule has 19 heavy (non-hydrogen) atoms. The molecule has 1 fully saturated rings. The molecule has 2 atom stereocenters. The van der Waals surface area contributed by atoms with Crippen LogP contribution in [-0.4, -0.2) is 23.9 Å². The predicted octanol–water partition coefficient (Wildman–Crippen LogP) is 3.22. The van der Waals surface area contributed by atoms with Crippen LogP contribution in [0.15, 0.2) is 18.2 Å². The number of rotatable bonds is 5. The van der Waals surface area contributed by atoms with E-state index in [-0.39, 0.29) is 18.1 Å². The van der Waals surface area contributed by atoms with Gasteiger partial charge in [0.1, 0.15) is 0 Å². The molecule has 0 radical (unpaired) electrons. The molecular formula is C15H20F2O2. The van der Waals surface area contributed by atoms with E-state index < -0.39 is 17.7 Å². The van der Waals surface area contributed by atoms with E-state index in [1.165, 1.54) is 18.6 Å². The minimum Gasteiger partial charge on any atom is -0.393 e. The van der Waals surface area contributed by atoms with Crippen LogP contribution in [0.4, 0.5) is 8.78 Å². The minimum absolute atomic E-state index is 0.149. The van der Waals surface area contributed by atoms with Gasteiger partial charge < -0.3 is 9.84 Å². The molecule has 0 aliphatic carbocycles. The van der Waals surface area contributed by atoms with Gasteiger partial charge in [-0.05, 0) is 43.7 Å². The summed E-state index contributed by atoms with van der Waals surface area (Å²) in [6.07, 6.45) is 4.34. The van der Waals surface area contributed by atoms with Gasteiger partial charge >= 0.3 is 0 Å². The summed E-state index contributed by atoms with van der Waals surface area (Å²) in [5.41, 5.74) is 0.233. The van der Waals surface area contributed by atoms with E-state index >= 15 is 0 Å². The molecule has 2 unspecified atom stereocenters. The molecule has 0 aromatic heterocycles. The lowest BCUT2D eigenvalue weighted by Gasteiger charge is -2.23. The third-order valence-corrected chi connectivity index (χ3v) is 3.58. The summed E-state index contributed by atoms with van der Waals surface area (Å²) in [7, 11) is 0. The van der Waals surface area contributed by atoms with Crippen LogP contribution in [0.5, 0.6) is 0 Å².